The van der Waals surface area contributed by atoms with Crippen LogP contribution in [-0.4, -0.2) is 17.5 Å². The van der Waals surface area contributed by atoms with Crippen molar-refractivity contribution in [3.63, 3.8) is 0 Å². The highest BCUT2D eigenvalue weighted by atomic mass is 32.1. The maximum Gasteiger partial charge on any atom is 0.242 e. The Morgan fingerprint density at radius 3 is 2.80 bits per heavy atom. The molecule has 0 aliphatic rings. The third-order valence-corrected chi connectivity index (χ3v) is 4.47. The van der Waals surface area contributed by atoms with Crippen molar-refractivity contribution in [3.8, 4) is 0 Å². The Bertz CT molecular complexity index is 603. The van der Waals surface area contributed by atoms with Crippen molar-refractivity contribution in [1.82, 2.24) is 5.32 Å². The predicted octanol–water partition coefficient (Wildman–Crippen LogP) is 4.01. The molecule has 1 aromatic carbocycles. The molecule has 20 heavy (non-hydrogen) atoms. The van der Waals surface area contributed by atoms with E-state index >= 15 is 0 Å². The van der Waals surface area contributed by atoms with Gasteiger partial charge < -0.3 is 10.6 Å². The fourth-order valence-electron chi connectivity index (χ4n) is 1.90. The lowest BCUT2D eigenvalue weighted by Crippen LogP contribution is -2.48. The van der Waals surface area contributed by atoms with Gasteiger partial charge in [-0.3, -0.25) is 4.79 Å². The van der Waals surface area contributed by atoms with Gasteiger partial charge in [-0.25, -0.2) is 0 Å². The van der Waals surface area contributed by atoms with E-state index in [1.165, 1.54) is 10.1 Å². The summed E-state index contributed by atoms with van der Waals surface area (Å²) in [5.41, 5.74) is 0.817. The van der Waals surface area contributed by atoms with Crippen molar-refractivity contribution in [3.05, 3.63) is 29.6 Å². The summed E-state index contributed by atoms with van der Waals surface area (Å²) in [5, 5.41) is 9.61. The van der Waals surface area contributed by atoms with Gasteiger partial charge in [0.15, 0.2) is 0 Å². The smallest absolute Gasteiger partial charge is 0.242 e. The van der Waals surface area contributed by atoms with Crippen molar-refractivity contribution in [2.45, 2.75) is 45.7 Å². The van der Waals surface area contributed by atoms with Gasteiger partial charge in [-0.1, -0.05) is 6.92 Å². The molecular weight excluding hydrogens is 268 g/mol. The van der Waals surface area contributed by atoms with Crippen LogP contribution in [0.1, 0.15) is 34.1 Å². The number of hydrogen-bond acceptors (Lipinski definition) is 3. The monoisotopic (exact) mass is 290 g/mol. The summed E-state index contributed by atoms with van der Waals surface area (Å²) in [6.45, 7) is 8.03. The zero-order chi connectivity index (χ0) is 14.8. The maximum absolute atomic E-state index is 12.2. The summed E-state index contributed by atoms with van der Waals surface area (Å²) in [4.78, 5) is 12.2. The molecule has 2 aromatic rings. The first kappa shape index (κ1) is 14.9. The van der Waals surface area contributed by atoms with E-state index in [0.29, 0.717) is 0 Å². The average Bonchev–Trinajstić information content (AvgIpc) is 2.85. The second kappa shape index (κ2) is 5.83. The Balaban J connectivity index is 2.03. The van der Waals surface area contributed by atoms with Crippen LogP contribution in [0.2, 0.25) is 0 Å². The van der Waals surface area contributed by atoms with Gasteiger partial charge in [0.25, 0.3) is 0 Å². The number of amides is 1. The molecule has 0 aliphatic heterocycles. The van der Waals surface area contributed by atoms with Crippen LogP contribution < -0.4 is 10.6 Å². The third kappa shape index (κ3) is 3.51. The number of anilines is 1. The Morgan fingerprint density at radius 1 is 1.35 bits per heavy atom. The van der Waals surface area contributed by atoms with Gasteiger partial charge in [-0.15, -0.1) is 11.3 Å². The first-order valence-electron chi connectivity index (χ1n) is 6.97. The molecule has 1 amide bonds. The Morgan fingerprint density at radius 2 is 2.10 bits per heavy atom. The maximum atomic E-state index is 12.2. The van der Waals surface area contributed by atoms with Crippen LogP contribution in [0.15, 0.2) is 29.6 Å². The molecule has 4 heteroatoms. The first-order valence-corrected chi connectivity index (χ1v) is 7.85. The molecule has 0 spiro atoms. The number of fused-ring (bicyclic) bond motifs is 1. The zero-order valence-electron chi connectivity index (χ0n) is 12.5. The van der Waals surface area contributed by atoms with Gasteiger partial charge >= 0.3 is 0 Å². The minimum absolute atomic E-state index is 0.0299. The number of hydrogen-bond donors (Lipinski definition) is 2. The molecule has 0 saturated carbocycles. The standard InChI is InChI=1S/C16H22N2OS/c1-5-16(3,4)18-15(19)11(2)17-13-6-7-14-12(10-13)8-9-20-14/h6-11,17H,5H2,1-4H3,(H,18,19). The second-order valence-corrected chi connectivity index (χ2v) is 6.71. The third-order valence-electron chi connectivity index (χ3n) is 3.57. The van der Waals surface area contributed by atoms with E-state index in [0.717, 1.165) is 12.1 Å². The topological polar surface area (TPSA) is 41.1 Å². The van der Waals surface area contributed by atoms with Gasteiger partial charge in [-0.05, 0) is 62.2 Å². The van der Waals surface area contributed by atoms with Crippen LogP contribution >= 0.6 is 11.3 Å². The quantitative estimate of drug-likeness (QED) is 0.873. The van der Waals surface area contributed by atoms with Crippen LogP contribution in [-0.2, 0) is 4.79 Å². The fourth-order valence-corrected chi connectivity index (χ4v) is 2.67. The number of thiophene rings is 1. The molecule has 0 radical (unpaired) electrons. The van der Waals surface area contributed by atoms with E-state index in [-0.39, 0.29) is 17.5 Å². The minimum Gasteiger partial charge on any atom is -0.374 e. The van der Waals surface area contributed by atoms with Gasteiger partial charge in [0, 0.05) is 15.9 Å². The average molecular weight is 290 g/mol. The van der Waals surface area contributed by atoms with Gasteiger partial charge in [0.2, 0.25) is 5.91 Å². The highest BCUT2D eigenvalue weighted by Gasteiger charge is 2.21. The molecule has 1 unspecified atom stereocenters. The molecule has 3 nitrogen and oxygen atoms in total. The molecular formula is C16H22N2OS. The Labute approximate surface area is 124 Å². The number of nitrogens with one attached hydrogen (secondary N) is 2. The molecule has 2 rings (SSSR count). The summed E-state index contributed by atoms with van der Waals surface area (Å²) in [5.74, 6) is 0.0299. The number of carbonyl (C=O) groups excluding carboxylic acids is 1. The summed E-state index contributed by atoms with van der Waals surface area (Å²) in [7, 11) is 0. The van der Waals surface area contributed by atoms with Gasteiger partial charge in [0.1, 0.15) is 6.04 Å². The zero-order valence-corrected chi connectivity index (χ0v) is 13.3. The lowest BCUT2D eigenvalue weighted by Gasteiger charge is -2.27. The van der Waals surface area contributed by atoms with Gasteiger partial charge in [-0.2, -0.15) is 0 Å². The first-order chi connectivity index (χ1) is 9.41. The molecule has 1 heterocycles. The van der Waals surface area contributed by atoms with Crippen LogP contribution in [0.25, 0.3) is 10.1 Å². The van der Waals surface area contributed by atoms with Crippen molar-refractivity contribution in [2.24, 2.45) is 0 Å². The summed E-state index contributed by atoms with van der Waals surface area (Å²) in [6.07, 6.45) is 0.909. The number of benzene rings is 1. The van der Waals surface area contributed by atoms with E-state index in [9.17, 15) is 4.79 Å². The largest absolute Gasteiger partial charge is 0.374 e. The van der Waals surface area contributed by atoms with E-state index < -0.39 is 0 Å². The van der Waals surface area contributed by atoms with E-state index in [1.807, 2.05) is 26.8 Å². The SMILES string of the molecule is CCC(C)(C)NC(=O)C(C)Nc1ccc2sccc2c1. The Kier molecular flexibility index (Phi) is 4.33. The minimum atomic E-state index is -0.253. The molecule has 2 N–H and O–H groups in total. The highest BCUT2D eigenvalue weighted by Crippen LogP contribution is 2.24. The molecule has 0 saturated heterocycles. The van der Waals surface area contributed by atoms with Crippen LogP contribution in [0.4, 0.5) is 5.69 Å². The van der Waals surface area contributed by atoms with Crippen molar-refractivity contribution in [2.75, 3.05) is 5.32 Å². The van der Waals surface area contributed by atoms with E-state index in [4.69, 9.17) is 0 Å². The van der Waals surface area contributed by atoms with Gasteiger partial charge in [0.05, 0.1) is 0 Å². The van der Waals surface area contributed by atoms with Crippen molar-refractivity contribution >= 4 is 33.0 Å². The fraction of sp³-hybridized carbons (Fsp3) is 0.438. The lowest BCUT2D eigenvalue weighted by molar-refractivity contribution is -0.123. The molecule has 0 aliphatic carbocycles. The highest BCUT2D eigenvalue weighted by molar-refractivity contribution is 7.17. The van der Waals surface area contributed by atoms with Crippen molar-refractivity contribution in [1.29, 1.82) is 0 Å². The van der Waals surface area contributed by atoms with Crippen LogP contribution in [0.3, 0.4) is 0 Å². The summed E-state index contributed by atoms with van der Waals surface area (Å²) in [6, 6.07) is 8.03. The summed E-state index contributed by atoms with van der Waals surface area (Å²) < 4.78 is 1.26. The lowest BCUT2D eigenvalue weighted by atomic mass is 10.0. The molecule has 1 aromatic heterocycles. The molecule has 1 atom stereocenters. The summed E-state index contributed by atoms with van der Waals surface area (Å²) >= 11 is 1.72. The molecule has 0 fully saturated rings. The normalized spacial score (nSPS) is 13.2. The number of carbonyl (C=O) groups is 1. The van der Waals surface area contributed by atoms with Crippen LogP contribution in [0.5, 0.6) is 0 Å². The second-order valence-electron chi connectivity index (χ2n) is 5.77. The van der Waals surface area contributed by atoms with Crippen LogP contribution in [0, 0.1) is 0 Å². The molecule has 108 valence electrons. The number of rotatable bonds is 5. The van der Waals surface area contributed by atoms with E-state index in [2.05, 4.69) is 41.1 Å². The molecule has 0 bridgehead atoms. The van der Waals surface area contributed by atoms with Crippen molar-refractivity contribution < 1.29 is 4.79 Å². The predicted molar refractivity (Wildman–Crippen MR) is 87.4 cm³/mol. The van der Waals surface area contributed by atoms with E-state index in [1.54, 1.807) is 11.3 Å². The Hall–Kier alpha value is -1.55.